The molecule has 0 aromatic carbocycles. The molecular weight excluding hydrogens is 202 g/mol. The van der Waals surface area contributed by atoms with E-state index in [1.807, 2.05) is 6.92 Å². The third-order valence-corrected chi connectivity index (χ3v) is 3.04. The summed E-state index contributed by atoms with van der Waals surface area (Å²) in [6.07, 6.45) is 3.36. The van der Waals surface area contributed by atoms with Crippen molar-refractivity contribution in [1.82, 2.24) is 10.2 Å². The van der Waals surface area contributed by atoms with Gasteiger partial charge in [0.05, 0.1) is 18.0 Å². The molecule has 0 aromatic rings. The first-order chi connectivity index (χ1) is 7.59. The quantitative estimate of drug-likeness (QED) is 0.718. The van der Waals surface area contributed by atoms with Gasteiger partial charge in [-0.15, -0.1) is 6.58 Å². The first kappa shape index (κ1) is 12.7. The van der Waals surface area contributed by atoms with Gasteiger partial charge < -0.3 is 5.32 Å². The number of nitrogens with zero attached hydrogens (tertiary/aromatic N) is 2. The lowest BCUT2D eigenvalue weighted by molar-refractivity contribution is -0.122. The molecule has 1 amide bonds. The average Bonchev–Trinajstić information content (AvgIpc) is 2.30. The maximum Gasteiger partial charge on any atom is 0.234 e. The molecule has 1 heterocycles. The third-order valence-electron chi connectivity index (χ3n) is 3.04. The fourth-order valence-corrected chi connectivity index (χ4v) is 1.76. The summed E-state index contributed by atoms with van der Waals surface area (Å²) in [5, 5.41) is 11.7. The standard InChI is InChI=1S/C12H19N3O/c1-3-6-14-11(16)9-15-7-4-12(2,10-13)5-8-15/h3H,1,4-9H2,2H3,(H,14,16). The van der Waals surface area contributed by atoms with Crippen molar-refractivity contribution in [3.8, 4) is 6.07 Å². The second-order valence-electron chi connectivity index (χ2n) is 4.54. The summed E-state index contributed by atoms with van der Waals surface area (Å²) in [6.45, 7) is 8.13. The molecule has 0 bridgehead atoms. The molecule has 1 saturated heterocycles. The van der Waals surface area contributed by atoms with Crippen LogP contribution < -0.4 is 5.32 Å². The maximum absolute atomic E-state index is 11.4. The number of likely N-dealkylation sites (tertiary alicyclic amines) is 1. The van der Waals surface area contributed by atoms with Crippen LogP contribution in [0.5, 0.6) is 0 Å². The summed E-state index contributed by atoms with van der Waals surface area (Å²) >= 11 is 0. The molecule has 88 valence electrons. The minimum Gasteiger partial charge on any atom is -0.352 e. The van der Waals surface area contributed by atoms with Gasteiger partial charge >= 0.3 is 0 Å². The van der Waals surface area contributed by atoms with Crippen molar-refractivity contribution in [2.24, 2.45) is 5.41 Å². The Labute approximate surface area is 96.9 Å². The fourth-order valence-electron chi connectivity index (χ4n) is 1.76. The highest BCUT2D eigenvalue weighted by molar-refractivity contribution is 5.78. The minimum absolute atomic E-state index is 0.0282. The van der Waals surface area contributed by atoms with E-state index in [1.54, 1.807) is 6.08 Å². The maximum atomic E-state index is 11.4. The molecule has 1 aliphatic rings. The van der Waals surface area contributed by atoms with Gasteiger partial charge in [0.1, 0.15) is 0 Å². The van der Waals surface area contributed by atoms with Gasteiger partial charge in [-0.05, 0) is 19.8 Å². The summed E-state index contributed by atoms with van der Waals surface area (Å²) < 4.78 is 0. The highest BCUT2D eigenvalue weighted by Crippen LogP contribution is 2.29. The van der Waals surface area contributed by atoms with Crippen LogP contribution in [-0.4, -0.2) is 37.0 Å². The first-order valence-electron chi connectivity index (χ1n) is 5.61. The Hall–Kier alpha value is -1.34. The molecule has 4 nitrogen and oxygen atoms in total. The van der Waals surface area contributed by atoms with E-state index in [1.165, 1.54) is 0 Å². The molecule has 4 heteroatoms. The number of amides is 1. The molecule has 16 heavy (non-hydrogen) atoms. The van der Waals surface area contributed by atoms with E-state index in [0.717, 1.165) is 25.9 Å². The fraction of sp³-hybridized carbons (Fsp3) is 0.667. The molecule has 0 radical (unpaired) electrons. The highest BCUT2D eigenvalue weighted by Gasteiger charge is 2.30. The number of nitriles is 1. The van der Waals surface area contributed by atoms with Crippen LogP contribution in [0.2, 0.25) is 0 Å². The zero-order valence-corrected chi connectivity index (χ0v) is 9.83. The van der Waals surface area contributed by atoms with Gasteiger partial charge in [-0.3, -0.25) is 9.69 Å². The number of piperidine rings is 1. The Balaban J connectivity index is 2.30. The van der Waals surface area contributed by atoms with E-state index in [4.69, 9.17) is 5.26 Å². The van der Waals surface area contributed by atoms with Crippen molar-refractivity contribution in [3.05, 3.63) is 12.7 Å². The number of hydrogen-bond donors (Lipinski definition) is 1. The largest absolute Gasteiger partial charge is 0.352 e. The lowest BCUT2D eigenvalue weighted by Crippen LogP contribution is -2.43. The summed E-state index contributed by atoms with van der Waals surface area (Å²) in [6, 6.07) is 2.35. The predicted octanol–water partition coefficient (Wildman–Crippen LogP) is 0.914. The smallest absolute Gasteiger partial charge is 0.234 e. The van der Waals surface area contributed by atoms with Crippen molar-refractivity contribution in [3.63, 3.8) is 0 Å². The van der Waals surface area contributed by atoms with Gasteiger partial charge in [-0.2, -0.15) is 5.26 Å². The molecule has 0 aromatic heterocycles. The topological polar surface area (TPSA) is 56.1 Å². The molecule has 0 saturated carbocycles. The van der Waals surface area contributed by atoms with Crippen LogP contribution in [0.15, 0.2) is 12.7 Å². The molecule has 1 rings (SSSR count). The Morgan fingerprint density at radius 3 is 2.75 bits per heavy atom. The first-order valence-corrected chi connectivity index (χ1v) is 5.61. The van der Waals surface area contributed by atoms with Crippen LogP contribution in [-0.2, 0) is 4.79 Å². The molecular formula is C12H19N3O. The number of nitrogens with one attached hydrogen (secondary N) is 1. The van der Waals surface area contributed by atoms with Crippen molar-refractivity contribution < 1.29 is 4.79 Å². The molecule has 0 aliphatic carbocycles. The molecule has 0 atom stereocenters. The highest BCUT2D eigenvalue weighted by atomic mass is 16.2. The Kier molecular flexibility index (Phi) is 4.51. The normalized spacial score (nSPS) is 19.8. The molecule has 1 N–H and O–H groups in total. The average molecular weight is 221 g/mol. The third kappa shape index (κ3) is 3.67. The van der Waals surface area contributed by atoms with Crippen molar-refractivity contribution in [2.75, 3.05) is 26.2 Å². The number of hydrogen-bond acceptors (Lipinski definition) is 3. The molecule has 0 spiro atoms. The lowest BCUT2D eigenvalue weighted by Gasteiger charge is -2.34. The van der Waals surface area contributed by atoms with Crippen molar-refractivity contribution >= 4 is 5.91 Å². The Morgan fingerprint density at radius 2 is 2.25 bits per heavy atom. The SMILES string of the molecule is C=CCNC(=O)CN1CCC(C)(C#N)CC1. The van der Waals surface area contributed by atoms with E-state index in [-0.39, 0.29) is 11.3 Å². The van der Waals surface area contributed by atoms with Crippen LogP contribution in [0.1, 0.15) is 19.8 Å². The monoisotopic (exact) mass is 221 g/mol. The summed E-state index contributed by atoms with van der Waals surface area (Å²) in [5.74, 6) is 0.0282. The van der Waals surface area contributed by atoms with Crippen LogP contribution >= 0.6 is 0 Å². The lowest BCUT2D eigenvalue weighted by atomic mass is 9.82. The van der Waals surface area contributed by atoms with E-state index in [2.05, 4.69) is 22.9 Å². The Bertz CT molecular complexity index is 298. The second-order valence-corrected chi connectivity index (χ2v) is 4.54. The van der Waals surface area contributed by atoms with E-state index < -0.39 is 0 Å². The second kappa shape index (κ2) is 5.66. The van der Waals surface area contributed by atoms with Crippen LogP contribution in [0.4, 0.5) is 0 Å². The number of carbonyl (C=O) groups is 1. The molecule has 1 aliphatic heterocycles. The van der Waals surface area contributed by atoms with E-state index in [0.29, 0.717) is 13.1 Å². The van der Waals surface area contributed by atoms with Gasteiger partial charge in [-0.1, -0.05) is 6.08 Å². The summed E-state index contributed by atoms with van der Waals surface area (Å²) in [4.78, 5) is 13.5. The van der Waals surface area contributed by atoms with E-state index in [9.17, 15) is 4.79 Å². The minimum atomic E-state index is -0.200. The van der Waals surface area contributed by atoms with Gasteiger partial charge in [0.25, 0.3) is 0 Å². The van der Waals surface area contributed by atoms with Gasteiger partial charge in [0, 0.05) is 19.6 Å². The van der Waals surface area contributed by atoms with Crippen LogP contribution in [0.25, 0.3) is 0 Å². The van der Waals surface area contributed by atoms with Crippen LogP contribution in [0, 0.1) is 16.7 Å². The van der Waals surface area contributed by atoms with Gasteiger partial charge in [0.15, 0.2) is 0 Å². The van der Waals surface area contributed by atoms with Gasteiger partial charge in [0.2, 0.25) is 5.91 Å². The summed E-state index contributed by atoms with van der Waals surface area (Å²) in [7, 11) is 0. The van der Waals surface area contributed by atoms with Gasteiger partial charge in [-0.25, -0.2) is 0 Å². The molecule has 0 unspecified atom stereocenters. The zero-order valence-electron chi connectivity index (χ0n) is 9.83. The van der Waals surface area contributed by atoms with Crippen LogP contribution in [0.3, 0.4) is 0 Å². The zero-order chi connectivity index (χ0) is 12.0. The van der Waals surface area contributed by atoms with E-state index >= 15 is 0 Å². The Morgan fingerprint density at radius 1 is 1.62 bits per heavy atom. The number of rotatable bonds is 4. The predicted molar refractivity (Wildman–Crippen MR) is 62.6 cm³/mol. The summed E-state index contributed by atoms with van der Waals surface area (Å²) in [5.41, 5.74) is -0.200. The number of carbonyl (C=O) groups excluding carboxylic acids is 1. The molecule has 1 fully saturated rings. The van der Waals surface area contributed by atoms with Crippen molar-refractivity contribution in [1.29, 1.82) is 5.26 Å². The van der Waals surface area contributed by atoms with Crippen molar-refractivity contribution in [2.45, 2.75) is 19.8 Å².